The highest BCUT2D eigenvalue weighted by Gasteiger charge is 2.06. The normalized spacial score (nSPS) is 9.75. The Morgan fingerprint density at radius 1 is 1.58 bits per heavy atom. The number of hydrogen-bond acceptors (Lipinski definition) is 4. The summed E-state index contributed by atoms with van der Waals surface area (Å²) in [5.74, 6) is -0.331. The zero-order valence-electron chi connectivity index (χ0n) is 6.11. The molecule has 0 bridgehead atoms. The molecule has 12 heavy (non-hydrogen) atoms. The van der Waals surface area contributed by atoms with Gasteiger partial charge in [-0.1, -0.05) is 0 Å². The number of aromatic nitrogens is 1. The van der Waals surface area contributed by atoms with Crippen LogP contribution >= 0.6 is 0 Å². The molecule has 6 heteroatoms. The topological polar surface area (TPSA) is 102 Å². The molecule has 0 atom stereocenters. The first-order valence-electron chi connectivity index (χ1n) is 3.21. The van der Waals surface area contributed by atoms with E-state index in [9.17, 15) is 14.9 Å². The maximum Gasteiger partial charge on any atom is 0.324 e. The second kappa shape index (κ2) is 3.14. The Bertz CT molecular complexity index is 357. The molecule has 1 rings (SSSR count). The van der Waals surface area contributed by atoms with Gasteiger partial charge >= 0.3 is 5.82 Å². The summed E-state index contributed by atoms with van der Waals surface area (Å²) in [5, 5.41) is 10.2. The number of hydrogen-bond donors (Lipinski definition) is 2. The minimum absolute atomic E-state index is 0.0803. The van der Waals surface area contributed by atoms with Crippen molar-refractivity contribution >= 4 is 5.82 Å². The molecule has 1 heterocycles. The molecule has 3 N–H and O–H groups in total. The average molecular weight is 169 g/mol. The maximum atomic E-state index is 10.8. The highest BCUT2D eigenvalue weighted by molar-refractivity contribution is 5.21. The molecule has 0 spiro atoms. The molecule has 0 fully saturated rings. The van der Waals surface area contributed by atoms with E-state index in [0.29, 0.717) is 5.69 Å². The van der Waals surface area contributed by atoms with Gasteiger partial charge in [0.1, 0.15) is 5.69 Å². The van der Waals surface area contributed by atoms with Gasteiger partial charge in [-0.25, -0.2) is 4.98 Å². The molecule has 0 amide bonds. The first kappa shape index (κ1) is 8.41. The van der Waals surface area contributed by atoms with Crippen molar-refractivity contribution < 1.29 is 4.92 Å². The van der Waals surface area contributed by atoms with Crippen LogP contribution in [0.2, 0.25) is 0 Å². The van der Waals surface area contributed by atoms with Crippen molar-refractivity contribution in [2.24, 2.45) is 5.73 Å². The summed E-state index contributed by atoms with van der Waals surface area (Å²) in [7, 11) is 0. The van der Waals surface area contributed by atoms with Crippen LogP contribution in [0.4, 0.5) is 5.82 Å². The number of nitrogens with two attached hydrogens (primary N) is 1. The highest BCUT2D eigenvalue weighted by atomic mass is 16.6. The summed E-state index contributed by atoms with van der Waals surface area (Å²) in [6, 6.07) is 2.14. The predicted octanol–water partition coefficient (Wildman–Crippen LogP) is -0.258. The minimum atomic E-state index is -0.666. The van der Waals surface area contributed by atoms with Gasteiger partial charge in [-0.3, -0.25) is 4.79 Å². The summed E-state index contributed by atoms with van der Waals surface area (Å²) in [4.78, 5) is 22.8. The van der Waals surface area contributed by atoms with Crippen LogP contribution in [0.15, 0.2) is 16.9 Å². The zero-order valence-corrected chi connectivity index (χ0v) is 6.11. The Hall–Kier alpha value is -1.69. The Morgan fingerprint density at radius 3 is 2.75 bits per heavy atom. The number of H-pyrrole nitrogens is 1. The average Bonchev–Trinajstić information content (AvgIpc) is 2.03. The quantitative estimate of drug-likeness (QED) is 0.470. The Labute approximate surface area is 67.2 Å². The van der Waals surface area contributed by atoms with Crippen LogP contribution in [0, 0.1) is 10.1 Å². The van der Waals surface area contributed by atoms with Crippen molar-refractivity contribution in [2.75, 3.05) is 0 Å². The standard InChI is InChI=1S/C6H7N3O3/c7-3-4-1-5(10)2-6(8-4)9(11)12/h1-2H,3,7H2,(H,8,10). The van der Waals surface area contributed by atoms with Gasteiger partial charge in [0, 0.05) is 6.07 Å². The molecule has 0 aromatic carbocycles. The van der Waals surface area contributed by atoms with Gasteiger partial charge in [-0.2, -0.15) is 0 Å². The summed E-state index contributed by atoms with van der Waals surface area (Å²) >= 11 is 0. The number of nitrogens with zero attached hydrogens (tertiary/aromatic N) is 1. The summed E-state index contributed by atoms with van der Waals surface area (Å²) in [5.41, 5.74) is 5.13. The Balaban J connectivity index is 3.24. The molecular formula is C6H7N3O3. The number of aromatic amines is 1. The molecule has 1 aromatic rings. The molecule has 1 aromatic heterocycles. The lowest BCUT2D eigenvalue weighted by Gasteiger charge is -1.95. The van der Waals surface area contributed by atoms with Crippen LogP contribution in [0.5, 0.6) is 0 Å². The third-order valence-electron chi connectivity index (χ3n) is 1.30. The molecule has 0 unspecified atom stereocenters. The second-order valence-electron chi connectivity index (χ2n) is 2.19. The largest absolute Gasteiger partial charge is 0.358 e. The van der Waals surface area contributed by atoms with E-state index in [2.05, 4.69) is 4.98 Å². The van der Waals surface area contributed by atoms with Crippen LogP contribution < -0.4 is 11.2 Å². The van der Waals surface area contributed by atoms with Gasteiger partial charge in [0.2, 0.25) is 0 Å². The van der Waals surface area contributed by atoms with Crippen molar-refractivity contribution in [3.05, 3.63) is 38.2 Å². The summed E-state index contributed by atoms with van der Waals surface area (Å²) in [6.07, 6.45) is 0. The lowest BCUT2D eigenvalue weighted by Crippen LogP contribution is -2.09. The molecule has 0 saturated heterocycles. The lowest BCUT2D eigenvalue weighted by molar-refractivity contribution is -0.389. The molecule has 0 aliphatic heterocycles. The Morgan fingerprint density at radius 2 is 2.25 bits per heavy atom. The molecular weight excluding hydrogens is 162 g/mol. The van der Waals surface area contributed by atoms with E-state index >= 15 is 0 Å². The first-order valence-corrected chi connectivity index (χ1v) is 3.21. The molecule has 0 saturated carbocycles. The van der Waals surface area contributed by atoms with Gasteiger partial charge in [-0.15, -0.1) is 0 Å². The highest BCUT2D eigenvalue weighted by Crippen LogP contribution is 2.02. The minimum Gasteiger partial charge on any atom is -0.358 e. The van der Waals surface area contributed by atoms with Crippen molar-refractivity contribution in [3.8, 4) is 0 Å². The fourth-order valence-corrected chi connectivity index (χ4v) is 0.793. The van der Waals surface area contributed by atoms with Gasteiger partial charge in [-0.05, 0) is 4.92 Å². The molecule has 6 nitrogen and oxygen atoms in total. The molecule has 0 aliphatic carbocycles. The van der Waals surface area contributed by atoms with Gasteiger partial charge in [0.05, 0.1) is 12.6 Å². The monoisotopic (exact) mass is 169 g/mol. The van der Waals surface area contributed by atoms with Crippen LogP contribution in [0.25, 0.3) is 0 Å². The maximum absolute atomic E-state index is 10.8. The summed E-state index contributed by atoms with van der Waals surface area (Å²) < 4.78 is 0. The van der Waals surface area contributed by atoms with Crippen LogP contribution in [0.3, 0.4) is 0 Å². The third-order valence-corrected chi connectivity index (χ3v) is 1.30. The summed E-state index contributed by atoms with van der Waals surface area (Å²) in [6.45, 7) is 0.0803. The SMILES string of the molecule is NCc1cc(=O)cc([N+](=O)[O-])[nH]1. The fraction of sp³-hybridized carbons (Fsp3) is 0.167. The van der Waals surface area contributed by atoms with E-state index in [-0.39, 0.29) is 12.4 Å². The second-order valence-corrected chi connectivity index (χ2v) is 2.19. The van der Waals surface area contributed by atoms with Gasteiger partial charge in [0.25, 0.3) is 0 Å². The van der Waals surface area contributed by atoms with E-state index < -0.39 is 10.4 Å². The predicted molar refractivity (Wildman–Crippen MR) is 41.6 cm³/mol. The van der Waals surface area contributed by atoms with Crippen LogP contribution in [-0.4, -0.2) is 9.91 Å². The van der Waals surface area contributed by atoms with Crippen LogP contribution in [0.1, 0.15) is 5.69 Å². The van der Waals surface area contributed by atoms with Crippen molar-refractivity contribution in [1.82, 2.24) is 4.98 Å². The van der Waals surface area contributed by atoms with Gasteiger partial charge in [0.15, 0.2) is 5.43 Å². The molecule has 64 valence electrons. The van der Waals surface area contributed by atoms with E-state index in [4.69, 9.17) is 5.73 Å². The lowest BCUT2D eigenvalue weighted by atomic mass is 10.3. The Kier molecular flexibility index (Phi) is 2.20. The van der Waals surface area contributed by atoms with Crippen molar-refractivity contribution in [3.63, 3.8) is 0 Å². The third kappa shape index (κ3) is 1.67. The smallest absolute Gasteiger partial charge is 0.324 e. The number of pyridine rings is 1. The zero-order chi connectivity index (χ0) is 9.14. The van der Waals surface area contributed by atoms with Crippen molar-refractivity contribution in [2.45, 2.75) is 6.54 Å². The number of nitrogens with one attached hydrogen (secondary N) is 1. The number of nitro groups is 1. The number of rotatable bonds is 2. The van der Waals surface area contributed by atoms with E-state index in [1.54, 1.807) is 0 Å². The molecule has 0 radical (unpaired) electrons. The van der Waals surface area contributed by atoms with Crippen molar-refractivity contribution in [1.29, 1.82) is 0 Å². The van der Waals surface area contributed by atoms with Gasteiger partial charge < -0.3 is 15.8 Å². The van der Waals surface area contributed by atoms with E-state index in [1.165, 1.54) is 6.07 Å². The first-order chi connectivity index (χ1) is 5.63. The van der Waals surface area contributed by atoms with E-state index in [0.717, 1.165) is 6.07 Å². The van der Waals surface area contributed by atoms with E-state index in [1.807, 2.05) is 0 Å². The fourth-order valence-electron chi connectivity index (χ4n) is 0.793. The van der Waals surface area contributed by atoms with Crippen LogP contribution in [-0.2, 0) is 6.54 Å². The molecule has 0 aliphatic rings.